The molecule has 0 spiro atoms. The van der Waals surface area contributed by atoms with Crippen molar-refractivity contribution in [2.45, 2.75) is 31.7 Å². The molecule has 1 heterocycles. The molecule has 0 aliphatic carbocycles. The lowest BCUT2D eigenvalue weighted by atomic mass is 9.98. The SMILES string of the molecule is CC(CC1OCC(CN)O1)c1ccccc1. The van der Waals surface area contributed by atoms with Gasteiger partial charge in [-0.2, -0.15) is 0 Å². The Kier molecular flexibility index (Phi) is 3.93. The fraction of sp³-hybridized carbons (Fsp3) is 0.538. The highest BCUT2D eigenvalue weighted by Crippen LogP contribution is 2.25. The molecule has 1 aliphatic heterocycles. The van der Waals surface area contributed by atoms with Gasteiger partial charge < -0.3 is 15.2 Å². The predicted octanol–water partition coefficient (Wildman–Crippen LogP) is 1.88. The van der Waals surface area contributed by atoms with Crippen LogP contribution in [0.1, 0.15) is 24.8 Å². The van der Waals surface area contributed by atoms with Crippen molar-refractivity contribution in [3.05, 3.63) is 35.9 Å². The van der Waals surface area contributed by atoms with E-state index in [1.807, 2.05) is 6.07 Å². The van der Waals surface area contributed by atoms with Crippen molar-refractivity contribution in [3.63, 3.8) is 0 Å². The number of ether oxygens (including phenoxy) is 2. The summed E-state index contributed by atoms with van der Waals surface area (Å²) in [7, 11) is 0. The Morgan fingerprint density at radius 3 is 2.75 bits per heavy atom. The van der Waals surface area contributed by atoms with Crippen molar-refractivity contribution in [3.8, 4) is 0 Å². The zero-order valence-electron chi connectivity index (χ0n) is 9.63. The molecule has 0 bridgehead atoms. The van der Waals surface area contributed by atoms with Gasteiger partial charge in [0, 0.05) is 13.0 Å². The second-order valence-electron chi connectivity index (χ2n) is 4.30. The first-order chi connectivity index (χ1) is 7.79. The molecule has 0 saturated carbocycles. The van der Waals surface area contributed by atoms with Crippen molar-refractivity contribution >= 4 is 0 Å². The maximum absolute atomic E-state index is 5.66. The minimum Gasteiger partial charge on any atom is -0.350 e. The summed E-state index contributed by atoms with van der Waals surface area (Å²) < 4.78 is 11.2. The molecule has 1 aromatic rings. The zero-order valence-corrected chi connectivity index (χ0v) is 9.63. The fourth-order valence-electron chi connectivity index (χ4n) is 1.96. The Morgan fingerprint density at radius 1 is 1.38 bits per heavy atom. The van der Waals surface area contributed by atoms with Crippen LogP contribution in [-0.4, -0.2) is 25.5 Å². The Bertz CT molecular complexity index is 315. The molecule has 16 heavy (non-hydrogen) atoms. The maximum Gasteiger partial charge on any atom is 0.158 e. The van der Waals surface area contributed by atoms with Gasteiger partial charge in [0.1, 0.15) is 0 Å². The third-order valence-corrected chi connectivity index (χ3v) is 2.99. The molecule has 3 nitrogen and oxygen atoms in total. The number of benzene rings is 1. The third-order valence-electron chi connectivity index (χ3n) is 2.99. The third kappa shape index (κ3) is 2.82. The molecule has 0 radical (unpaired) electrons. The molecule has 2 rings (SSSR count). The summed E-state index contributed by atoms with van der Waals surface area (Å²) in [6.45, 7) is 3.36. The van der Waals surface area contributed by atoms with E-state index < -0.39 is 0 Å². The van der Waals surface area contributed by atoms with Gasteiger partial charge in [-0.25, -0.2) is 0 Å². The van der Waals surface area contributed by atoms with Crippen molar-refractivity contribution in [2.24, 2.45) is 5.73 Å². The molecule has 1 aromatic carbocycles. The van der Waals surface area contributed by atoms with E-state index in [2.05, 4.69) is 31.2 Å². The molecule has 3 unspecified atom stereocenters. The van der Waals surface area contributed by atoms with E-state index in [-0.39, 0.29) is 12.4 Å². The van der Waals surface area contributed by atoms with Crippen LogP contribution in [0.25, 0.3) is 0 Å². The largest absolute Gasteiger partial charge is 0.350 e. The van der Waals surface area contributed by atoms with Gasteiger partial charge >= 0.3 is 0 Å². The van der Waals surface area contributed by atoms with E-state index in [9.17, 15) is 0 Å². The summed E-state index contributed by atoms with van der Waals surface area (Å²) in [6.07, 6.45) is 0.872. The molecule has 0 amide bonds. The summed E-state index contributed by atoms with van der Waals surface area (Å²) in [5.41, 5.74) is 6.86. The quantitative estimate of drug-likeness (QED) is 0.844. The Balaban J connectivity index is 1.86. The first-order valence-corrected chi connectivity index (χ1v) is 5.81. The van der Waals surface area contributed by atoms with Crippen LogP contribution in [0, 0.1) is 0 Å². The van der Waals surface area contributed by atoms with Gasteiger partial charge in [0.05, 0.1) is 12.7 Å². The van der Waals surface area contributed by atoms with Crippen LogP contribution in [0.4, 0.5) is 0 Å². The molecule has 3 heteroatoms. The fourth-order valence-corrected chi connectivity index (χ4v) is 1.96. The van der Waals surface area contributed by atoms with Crippen molar-refractivity contribution in [1.82, 2.24) is 0 Å². The van der Waals surface area contributed by atoms with E-state index in [4.69, 9.17) is 15.2 Å². The van der Waals surface area contributed by atoms with Gasteiger partial charge in [0.15, 0.2) is 6.29 Å². The first-order valence-electron chi connectivity index (χ1n) is 5.81. The van der Waals surface area contributed by atoms with Crippen LogP contribution < -0.4 is 5.73 Å². The van der Waals surface area contributed by atoms with Gasteiger partial charge in [0.25, 0.3) is 0 Å². The first kappa shape index (κ1) is 11.6. The van der Waals surface area contributed by atoms with Crippen LogP contribution in [-0.2, 0) is 9.47 Å². The average molecular weight is 221 g/mol. The average Bonchev–Trinajstić information content (AvgIpc) is 2.78. The number of hydrogen-bond donors (Lipinski definition) is 1. The monoisotopic (exact) mass is 221 g/mol. The lowest BCUT2D eigenvalue weighted by molar-refractivity contribution is -0.0636. The molecule has 1 fully saturated rings. The molecule has 2 N–H and O–H groups in total. The summed E-state index contributed by atoms with van der Waals surface area (Å²) in [6, 6.07) is 10.4. The molecule has 3 atom stereocenters. The number of rotatable bonds is 4. The lowest BCUT2D eigenvalue weighted by Crippen LogP contribution is -2.23. The highest BCUT2D eigenvalue weighted by Gasteiger charge is 2.26. The summed E-state index contributed by atoms with van der Waals surface area (Å²) in [5.74, 6) is 0.447. The van der Waals surface area contributed by atoms with Gasteiger partial charge in [-0.05, 0) is 11.5 Å². The highest BCUT2D eigenvalue weighted by molar-refractivity contribution is 5.18. The minimum atomic E-state index is -0.0937. The van der Waals surface area contributed by atoms with Gasteiger partial charge in [-0.3, -0.25) is 0 Å². The zero-order chi connectivity index (χ0) is 11.4. The smallest absolute Gasteiger partial charge is 0.158 e. The predicted molar refractivity (Wildman–Crippen MR) is 63.1 cm³/mol. The van der Waals surface area contributed by atoms with E-state index in [0.717, 1.165) is 6.42 Å². The van der Waals surface area contributed by atoms with Crippen molar-refractivity contribution < 1.29 is 9.47 Å². The number of nitrogens with two attached hydrogens (primary N) is 1. The van der Waals surface area contributed by atoms with Crippen LogP contribution in [0.15, 0.2) is 30.3 Å². The topological polar surface area (TPSA) is 44.5 Å². The molecule has 1 aliphatic rings. The summed E-state index contributed by atoms with van der Waals surface area (Å²) in [4.78, 5) is 0. The molecular formula is C13H19NO2. The van der Waals surface area contributed by atoms with Gasteiger partial charge in [-0.1, -0.05) is 37.3 Å². The van der Waals surface area contributed by atoms with Crippen LogP contribution in [0.3, 0.4) is 0 Å². The van der Waals surface area contributed by atoms with Crippen molar-refractivity contribution in [2.75, 3.05) is 13.2 Å². The van der Waals surface area contributed by atoms with Gasteiger partial charge in [0.2, 0.25) is 0 Å². The van der Waals surface area contributed by atoms with Crippen molar-refractivity contribution in [1.29, 1.82) is 0 Å². The van der Waals surface area contributed by atoms with Crippen LogP contribution in [0.5, 0.6) is 0 Å². The molecule has 1 saturated heterocycles. The summed E-state index contributed by atoms with van der Waals surface area (Å²) in [5, 5.41) is 0. The molecule has 88 valence electrons. The Hall–Kier alpha value is -0.900. The van der Waals surface area contributed by atoms with E-state index in [0.29, 0.717) is 19.1 Å². The Labute approximate surface area is 96.5 Å². The molecule has 0 aromatic heterocycles. The molecular weight excluding hydrogens is 202 g/mol. The minimum absolute atomic E-state index is 0.0768. The lowest BCUT2D eigenvalue weighted by Gasteiger charge is -2.16. The van der Waals surface area contributed by atoms with Gasteiger partial charge in [-0.15, -0.1) is 0 Å². The van der Waals surface area contributed by atoms with Crippen LogP contribution >= 0.6 is 0 Å². The maximum atomic E-state index is 5.66. The van der Waals surface area contributed by atoms with E-state index >= 15 is 0 Å². The normalized spacial score (nSPS) is 26.9. The Morgan fingerprint density at radius 2 is 2.12 bits per heavy atom. The summed E-state index contributed by atoms with van der Waals surface area (Å²) >= 11 is 0. The second kappa shape index (κ2) is 5.43. The van der Waals surface area contributed by atoms with E-state index in [1.165, 1.54) is 5.56 Å². The van der Waals surface area contributed by atoms with Crippen LogP contribution in [0.2, 0.25) is 0 Å². The standard InChI is InChI=1S/C13H19NO2/c1-10(11-5-3-2-4-6-11)7-13-15-9-12(8-14)16-13/h2-6,10,12-13H,7-9,14H2,1H3. The number of hydrogen-bond acceptors (Lipinski definition) is 3. The second-order valence-corrected chi connectivity index (χ2v) is 4.30. The van der Waals surface area contributed by atoms with E-state index in [1.54, 1.807) is 0 Å². The highest BCUT2D eigenvalue weighted by atomic mass is 16.7.